The maximum atomic E-state index is 11.6. The molecular formula is C11H10O4S. The Labute approximate surface area is 97.9 Å². The summed E-state index contributed by atoms with van der Waals surface area (Å²) in [5, 5.41) is 0.174. The van der Waals surface area contributed by atoms with Crippen molar-refractivity contribution in [2.24, 2.45) is 11.8 Å². The van der Waals surface area contributed by atoms with Crippen LogP contribution in [0.25, 0.3) is 0 Å². The lowest BCUT2D eigenvalue weighted by molar-refractivity contribution is -0.137. The van der Waals surface area contributed by atoms with Gasteiger partial charge in [0.25, 0.3) is 0 Å². The molecule has 0 aromatic carbocycles. The van der Waals surface area contributed by atoms with Crippen molar-refractivity contribution in [3.8, 4) is 0 Å². The minimum atomic E-state index is -0.306. The first-order chi connectivity index (χ1) is 7.70. The molecule has 4 atom stereocenters. The number of esters is 1. The van der Waals surface area contributed by atoms with Crippen molar-refractivity contribution in [2.45, 2.75) is 12.2 Å². The number of ether oxygens (including phenoxy) is 3. The molecule has 0 aromatic rings. The predicted molar refractivity (Wildman–Crippen MR) is 58.6 cm³/mol. The van der Waals surface area contributed by atoms with Gasteiger partial charge in [-0.15, -0.1) is 0 Å². The summed E-state index contributed by atoms with van der Waals surface area (Å²) < 4.78 is 15.6. The first-order valence-corrected chi connectivity index (χ1v) is 5.47. The fourth-order valence-electron chi connectivity index (χ4n) is 2.50. The number of thiocarbonyl (C=S) groups is 1. The van der Waals surface area contributed by atoms with E-state index in [2.05, 4.69) is 0 Å². The molecule has 5 heteroatoms. The van der Waals surface area contributed by atoms with Crippen LogP contribution in [0.3, 0.4) is 0 Å². The molecule has 16 heavy (non-hydrogen) atoms. The SMILES string of the molecule is COC(=O)C1=C[C@H]2C=C[C@@H]1C1OC(=S)OC12. The second-order valence-electron chi connectivity index (χ2n) is 4.02. The maximum Gasteiger partial charge on any atom is 0.353 e. The predicted octanol–water partition coefficient (Wildman–Crippen LogP) is 0.970. The summed E-state index contributed by atoms with van der Waals surface area (Å²) in [6.45, 7) is 0. The Kier molecular flexibility index (Phi) is 2.04. The van der Waals surface area contributed by atoms with E-state index in [1.54, 1.807) is 0 Å². The summed E-state index contributed by atoms with van der Waals surface area (Å²) in [5.41, 5.74) is 0.643. The van der Waals surface area contributed by atoms with Gasteiger partial charge in [-0.3, -0.25) is 0 Å². The van der Waals surface area contributed by atoms with Crippen molar-refractivity contribution in [2.75, 3.05) is 7.11 Å². The lowest BCUT2D eigenvalue weighted by atomic mass is 9.73. The summed E-state index contributed by atoms with van der Waals surface area (Å²) in [5.74, 6) is -0.369. The molecule has 1 heterocycles. The molecule has 3 aliphatic carbocycles. The van der Waals surface area contributed by atoms with Crippen LogP contribution in [-0.4, -0.2) is 30.5 Å². The second kappa shape index (κ2) is 3.31. The molecule has 0 spiro atoms. The number of rotatable bonds is 1. The zero-order valence-corrected chi connectivity index (χ0v) is 9.40. The fourth-order valence-corrected chi connectivity index (χ4v) is 2.72. The zero-order valence-electron chi connectivity index (χ0n) is 8.58. The van der Waals surface area contributed by atoms with Gasteiger partial charge in [0.2, 0.25) is 0 Å². The normalized spacial score (nSPS) is 38.6. The summed E-state index contributed by atoms with van der Waals surface area (Å²) in [6, 6.07) is 0. The van der Waals surface area contributed by atoms with E-state index in [0.29, 0.717) is 5.57 Å². The van der Waals surface area contributed by atoms with Crippen LogP contribution < -0.4 is 0 Å². The quantitative estimate of drug-likeness (QED) is 0.387. The molecule has 1 saturated heterocycles. The van der Waals surface area contributed by atoms with E-state index in [-0.39, 0.29) is 35.2 Å². The zero-order chi connectivity index (χ0) is 11.3. The first kappa shape index (κ1) is 9.84. The number of carbonyl (C=O) groups excluding carboxylic acids is 1. The minimum Gasteiger partial charge on any atom is -0.466 e. The van der Waals surface area contributed by atoms with E-state index >= 15 is 0 Å². The monoisotopic (exact) mass is 238 g/mol. The average Bonchev–Trinajstić information content (AvgIpc) is 2.71. The minimum absolute atomic E-state index is 0.0459. The van der Waals surface area contributed by atoms with Crippen molar-refractivity contribution in [3.63, 3.8) is 0 Å². The van der Waals surface area contributed by atoms with Crippen LogP contribution in [0.15, 0.2) is 23.8 Å². The maximum absolute atomic E-state index is 11.6. The summed E-state index contributed by atoms with van der Waals surface area (Å²) in [7, 11) is 1.38. The van der Waals surface area contributed by atoms with Crippen molar-refractivity contribution in [1.29, 1.82) is 0 Å². The van der Waals surface area contributed by atoms with Crippen LogP contribution in [0, 0.1) is 11.8 Å². The van der Waals surface area contributed by atoms with Gasteiger partial charge in [-0.2, -0.15) is 0 Å². The number of hydrogen-bond donors (Lipinski definition) is 0. The van der Waals surface area contributed by atoms with Gasteiger partial charge in [0.15, 0.2) is 12.2 Å². The van der Waals surface area contributed by atoms with Crippen molar-refractivity contribution >= 4 is 23.4 Å². The van der Waals surface area contributed by atoms with Gasteiger partial charge in [0.1, 0.15) is 0 Å². The van der Waals surface area contributed by atoms with Crippen LogP contribution in [-0.2, 0) is 19.0 Å². The van der Waals surface area contributed by atoms with E-state index < -0.39 is 0 Å². The molecule has 0 aromatic heterocycles. The molecule has 2 unspecified atom stereocenters. The molecule has 4 nitrogen and oxygen atoms in total. The van der Waals surface area contributed by atoms with Crippen LogP contribution in [0.1, 0.15) is 0 Å². The Morgan fingerprint density at radius 1 is 1.38 bits per heavy atom. The highest BCUT2D eigenvalue weighted by atomic mass is 32.1. The topological polar surface area (TPSA) is 44.8 Å². The van der Waals surface area contributed by atoms with Crippen molar-refractivity contribution < 1.29 is 19.0 Å². The van der Waals surface area contributed by atoms with E-state index in [1.807, 2.05) is 18.2 Å². The molecule has 0 N–H and O–H groups in total. The third-order valence-electron chi connectivity index (χ3n) is 3.21. The Hall–Kier alpha value is -1.36. The molecule has 1 fully saturated rings. The van der Waals surface area contributed by atoms with Crippen LogP contribution in [0.2, 0.25) is 0 Å². The highest BCUT2D eigenvalue weighted by Gasteiger charge is 2.50. The second-order valence-corrected chi connectivity index (χ2v) is 4.35. The van der Waals surface area contributed by atoms with Gasteiger partial charge < -0.3 is 14.2 Å². The van der Waals surface area contributed by atoms with Crippen LogP contribution in [0.4, 0.5) is 0 Å². The number of hydrogen-bond acceptors (Lipinski definition) is 5. The third kappa shape index (κ3) is 1.21. The van der Waals surface area contributed by atoms with E-state index in [4.69, 9.17) is 26.4 Å². The Morgan fingerprint density at radius 2 is 2.12 bits per heavy atom. The van der Waals surface area contributed by atoms with Gasteiger partial charge in [0, 0.05) is 29.6 Å². The van der Waals surface area contributed by atoms with Gasteiger partial charge in [-0.1, -0.05) is 18.2 Å². The summed E-state index contributed by atoms with van der Waals surface area (Å²) in [6.07, 6.45) is 5.61. The lowest BCUT2D eigenvalue weighted by Crippen LogP contribution is -2.44. The Morgan fingerprint density at radius 3 is 2.88 bits per heavy atom. The molecule has 0 radical (unpaired) electrons. The molecule has 84 valence electrons. The van der Waals surface area contributed by atoms with E-state index in [0.717, 1.165) is 0 Å². The first-order valence-electron chi connectivity index (χ1n) is 5.06. The fraction of sp³-hybridized carbons (Fsp3) is 0.455. The van der Waals surface area contributed by atoms with Gasteiger partial charge in [-0.05, 0) is 0 Å². The van der Waals surface area contributed by atoms with E-state index in [1.165, 1.54) is 7.11 Å². The van der Waals surface area contributed by atoms with Crippen LogP contribution >= 0.6 is 12.2 Å². The van der Waals surface area contributed by atoms with Crippen LogP contribution in [0.5, 0.6) is 0 Å². The molecule has 0 amide bonds. The molecule has 4 aliphatic rings. The van der Waals surface area contributed by atoms with Gasteiger partial charge in [0.05, 0.1) is 7.11 Å². The number of methoxy groups -OCH3 is 1. The van der Waals surface area contributed by atoms with Crippen molar-refractivity contribution in [3.05, 3.63) is 23.8 Å². The standard InChI is InChI=1S/C11H10O4S/c1-13-10(12)7-4-5-2-3-6(7)9-8(5)14-11(16)15-9/h2-6,8-9H,1H3/t5-,6+,8?,9?/m1/s1. The van der Waals surface area contributed by atoms with Gasteiger partial charge in [-0.25, -0.2) is 4.79 Å². The molecule has 4 rings (SSSR count). The number of carbonyl (C=O) groups is 1. The molecule has 1 aliphatic heterocycles. The summed E-state index contributed by atoms with van der Waals surface area (Å²) in [4.78, 5) is 11.6. The lowest BCUT2D eigenvalue weighted by Gasteiger charge is -2.36. The van der Waals surface area contributed by atoms with Gasteiger partial charge >= 0.3 is 11.2 Å². The smallest absolute Gasteiger partial charge is 0.353 e. The largest absolute Gasteiger partial charge is 0.466 e. The Balaban J connectivity index is 1.96. The average molecular weight is 238 g/mol. The molecular weight excluding hydrogens is 228 g/mol. The third-order valence-corrected chi connectivity index (χ3v) is 3.41. The molecule has 0 saturated carbocycles. The summed E-state index contributed by atoms with van der Waals surface area (Å²) >= 11 is 4.89. The van der Waals surface area contributed by atoms with Crippen molar-refractivity contribution in [1.82, 2.24) is 0 Å². The molecule has 2 bridgehead atoms. The Bertz CT molecular complexity index is 426. The van der Waals surface area contributed by atoms with E-state index in [9.17, 15) is 4.79 Å². The highest BCUT2D eigenvalue weighted by molar-refractivity contribution is 7.79. The highest BCUT2D eigenvalue weighted by Crippen LogP contribution is 2.42.